The van der Waals surface area contributed by atoms with Crippen LogP contribution in [0.3, 0.4) is 0 Å². The molecule has 0 aliphatic heterocycles. The summed E-state index contributed by atoms with van der Waals surface area (Å²) >= 11 is 0. The molecule has 3 N–H and O–H groups in total. The number of carbonyl (C=O) groups excluding carboxylic acids is 1. The fourth-order valence-electron chi connectivity index (χ4n) is 4.27. The number of hydrogen-bond acceptors (Lipinski definition) is 4. The van der Waals surface area contributed by atoms with E-state index in [2.05, 4.69) is 35.8 Å². The summed E-state index contributed by atoms with van der Waals surface area (Å²) in [4.78, 5) is 16.6. The Morgan fingerprint density at radius 2 is 1.68 bits per heavy atom. The largest absolute Gasteiger partial charge is 0.383 e. The second kappa shape index (κ2) is 10.4. The minimum absolute atomic E-state index is 0.0752. The van der Waals surface area contributed by atoms with E-state index in [-0.39, 0.29) is 22.3 Å². The monoisotopic (exact) mass is 519 g/mol. The molecule has 0 spiro atoms. The Morgan fingerprint density at radius 3 is 2.30 bits per heavy atom. The van der Waals surface area contributed by atoms with Crippen LogP contribution < -0.4 is 10.0 Å². The Balaban J connectivity index is 1.73. The Hall–Kier alpha value is -3.62. The Bertz CT molecular complexity index is 1500. The average Bonchev–Trinajstić information content (AvgIpc) is 3.23. The number of amides is 1. The summed E-state index contributed by atoms with van der Waals surface area (Å²) in [6.07, 6.45) is 0. The molecular weight excluding hydrogens is 486 g/mol. The van der Waals surface area contributed by atoms with Gasteiger partial charge in [0.15, 0.2) is 0 Å². The molecule has 4 aromatic rings. The molecule has 1 heterocycles. The number of H-pyrrole nitrogens is 1. The van der Waals surface area contributed by atoms with Crippen molar-refractivity contribution in [1.82, 2.24) is 10.3 Å². The van der Waals surface area contributed by atoms with Gasteiger partial charge in [0.05, 0.1) is 11.5 Å². The maximum Gasteiger partial charge on any atom is 0.268 e. The summed E-state index contributed by atoms with van der Waals surface area (Å²) in [5.74, 6) is -0.263. The molecule has 1 amide bonds. The lowest BCUT2D eigenvalue weighted by Gasteiger charge is -2.19. The number of sulfonamides is 1. The number of methoxy groups -OCH3 is 1. The van der Waals surface area contributed by atoms with Crippen molar-refractivity contribution in [1.29, 1.82) is 0 Å². The summed E-state index contributed by atoms with van der Waals surface area (Å²) < 4.78 is 34.1. The number of fused-ring (bicyclic) bond motifs is 1. The van der Waals surface area contributed by atoms with Crippen molar-refractivity contribution in [3.63, 3.8) is 0 Å². The fourth-order valence-corrected chi connectivity index (χ4v) is 5.32. The third-order valence-corrected chi connectivity index (χ3v) is 7.56. The third kappa shape index (κ3) is 5.87. The van der Waals surface area contributed by atoms with E-state index in [1.54, 1.807) is 37.4 Å². The third-order valence-electron chi connectivity index (χ3n) is 6.17. The first-order valence-electron chi connectivity index (χ1n) is 12.1. The highest BCUT2D eigenvalue weighted by Gasteiger charge is 2.22. The van der Waals surface area contributed by atoms with E-state index in [4.69, 9.17) is 4.74 Å². The Morgan fingerprint density at radius 1 is 1.00 bits per heavy atom. The standard InChI is InChI=1S/C29H33N3O4S/c1-19(18-36-5)30-28(33)27-26(20-9-7-6-8-10-20)24-17-22(13-16-25(24)31-27)32-37(34,35)23-14-11-21(12-15-23)29(2,3)4/h6-17,19,31-32H,18H2,1-5H3,(H,30,33)/t19-/m0/s1. The molecule has 0 saturated heterocycles. The van der Waals surface area contributed by atoms with Crippen molar-refractivity contribution in [3.8, 4) is 11.1 Å². The van der Waals surface area contributed by atoms with Crippen molar-refractivity contribution in [2.75, 3.05) is 18.4 Å². The maximum absolute atomic E-state index is 13.2. The van der Waals surface area contributed by atoms with Gasteiger partial charge in [0, 0.05) is 35.3 Å². The number of aromatic nitrogens is 1. The number of ether oxygens (including phenoxy) is 1. The van der Waals surface area contributed by atoms with Gasteiger partial charge in [-0.15, -0.1) is 0 Å². The predicted octanol–water partition coefficient (Wildman–Crippen LogP) is 5.70. The van der Waals surface area contributed by atoms with E-state index < -0.39 is 10.0 Å². The van der Waals surface area contributed by atoms with Crippen LogP contribution in [0, 0.1) is 0 Å². The number of anilines is 1. The van der Waals surface area contributed by atoms with Gasteiger partial charge < -0.3 is 15.0 Å². The molecule has 0 saturated carbocycles. The molecule has 0 unspecified atom stereocenters. The molecule has 0 radical (unpaired) electrons. The van der Waals surface area contributed by atoms with Crippen LogP contribution in [0.1, 0.15) is 43.7 Å². The molecule has 194 valence electrons. The second-order valence-corrected chi connectivity index (χ2v) is 11.9. The molecule has 0 aliphatic carbocycles. The quantitative estimate of drug-likeness (QED) is 0.278. The van der Waals surface area contributed by atoms with E-state index in [9.17, 15) is 13.2 Å². The lowest BCUT2D eigenvalue weighted by atomic mass is 9.87. The molecule has 0 bridgehead atoms. The van der Waals surface area contributed by atoms with Crippen molar-refractivity contribution in [2.45, 2.75) is 44.0 Å². The lowest BCUT2D eigenvalue weighted by Crippen LogP contribution is -2.36. The summed E-state index contributed by atoms with van der Waals surface area (Å²) in [6, 6.07) is 21.5. The van der Waals surface area contributed by atoms with Crippen molar-refractivity contribution in [3.05, 3.63) is 84.1 Å². The van der Waals surface area contributed by atoms with E-state index >= 15 is 0 Å². The van der Waals surface area contributed by atoms with Crippen LogP contribution in [-0.2, 0) is 20.2 Å². The van der Waals surface area contributed by atoms with Gasteiger partial charge in [0.1, 0.15) is 5.69 Å². The topological polar surface area (TPSA) is 100 Å². The number of rotatable bonds is 8. The van der Waals surface area contributed by atoms with Crippen LogP contribution in [0.2, 0.25) is 0 Å². The molecule has 0 fully saturated rings. The average molecular weight is 520 g/mol. The zero-order chi connectivity index (χ0) is 26.8. The van der Waals surface area contributed by atoms with E-state index in [1.165, 1.54) is 0 Å². The number of hydrogen-bond donors (Lipinski definition) is 3. The normalized spacial score (nSPS) is 12.9. The van der Waals surface area contributed by atoms with Gasteiger partial charge in [0.2, 0.25) is 0 Å². The zero-order valence-electron chi connectivity index (χ0n) is 21.8. The van der Waals surface area contributed by atoms with Crippen LogP contribution in [-0.4, -0.2) is 39.1 Å². The van der Waals surface area contributed by atoms with Gasteiger partial charge in [-0.1, -0.05) is 63.2 Å². The van der Waals surface area contributed by atoms with Crippen molar-refractivity contribution >= 4 is 32.5 Å². The molecule has 7 nitrogen and oxygen atoms in total. The maximum atomic E-state index is 13.2. The molecule has 1 aromatic heterocycles. The zero-order valence-corrected chi connectivity index (χ0v) is 22.6. The van der Waals surface area contributed by atoms with Gasteiger partial charge in [-0.3, -0.25) is 9.52 Å². The summed E-state index contributed by atoms with van der Waals surface area (Å²) in [7, 11) is -2.22. The van der Waals surface area contributed by atoms with Gasteiger partial charge in [-0.2, -0.15) is 0 Å². The van der Waals surface area contributed by atoms with Crippen LogP contribution in [0.25, 0.3) is 22.0 Å². The van der Waals surface area contributed by atoms with E-state index in [0.29, 0.717) is 23.6 Å². The van der Waals surface area contributed by atoms with Crippen LogP contribution in [0.5, 0.6) is 0 Å². The summed E-state index contributed by atoms with van der Waals surface area (Å²) in [5, 5.41) is 3.69. The van der Waals surface area contributed by atoms with E-state index in [0.717, 1.165) is 22.0 Å². The molecule has 4 rings (SSSR count). The highest BCUT2D eigenvalue weighted by molar-refractivity contribution is 7.92. The fraction of sp³-hybridized carbons (Fsp3) is 0.276. The SMILES string of the molecule is COC[C@H](C)NC(=O)c1[nH]c2ccc(NS(=O)(=O)c3ccc(C(C)(C)C)cc3)cc2c1-c1ccccc1. The van der Waals surface area contributed by atoms with Gasteiger partial charge in [-0.25, -0.2) is 8.42 Å². The van der Waals surface area contributed by atoms with Crippen molar-refractivity contribution in [2.24, 2.45) is 0 Å². The minimum Gasteiger partial charge on any atom is -0.383 e. The first kappa shape index (κ1) is 26.4. The summed E-state index contributed by atoms with van der Waals surface area (Å²) in [5.41, 5.74) is 4.06. The molecule has 3 aromatic carbocycles. The Kier molecular flexibility index (Phi) is 7.43. The number of aromatic amines is 1. The predicted molar refractivity (Wildman–Crippen MR) is 148 cm³/mol. The molecule has 8 heteroatoms. The first-order chi connectivity index (χ1) is 17.5. The molecule has 37 heavy (non-hydrogen) atoms. The van der Waals surface area contributed by atoms with Gasteiger partial charge in [-0.05, 0) is 53.8 Å². The van der Waals surface area contributed by atoms with Gasteiger partial charge >= 0.3 is 0 Å². The highest BCUT2D eigenvalue weighted by Crippen LogP contribution is 2.35. The first-order valence-corrected chi connectivity index (χ1v) is 13.6. The number of benzene rings is 3. The van der Waals surface area contributed by atoms with Crippen molar-refractivity contribution < 1.29 is 17.9 Å². The smallest absolute Gasteiger partial charge is 0.268 e. The van der Waals surface area contributed by atoms with Crippen LogP contribution in [0.4, 0.5) is 5.69 Å². The highest BCUT2D eigenvalue weighted by atomic mass is 32.2. The van der Waals surface area contributed by atoms with Crippen LogP contribution >= 0.6 is 0 Å². The molecule has 1 atom stereocenters. The summed E-state index contributed by atoms with van der Waals surface area (Å²) in [6.45, 7) is 8.50. The lowest BCUT2D eigenvalue weighted by molar-refractivity contribution is 0.0902. The number of nitrogens with one attached hydrogen (secondary N) is 3. The number of carbonyl (C=O) groups is 1. The van der Waals surface area contributed by atoms with E-state index in [1.807, 2.05) is 49.4 Å². The van der Waals surface area contributed by atoms with Crippen LogP contribution in [0.15, 0.2) is 77.7 Å². The van der Waals surface area contributed by atoms with Gasteiger partial charge in [0.25, 0.3) is 15.9 Å². The molecule has 0 aliphatic rings. The second-order valence-electron chi connectivity index (χ2n) is 10.2. The Labute approximate surface area is 218 Å². The molecular formula is C29H33N3O4S. The minimum atomic E-state index is -3.81.